The van der Waals surface area contributed by atoms with E-state index in [4.69, 9.17) is 10.7 Å². The smallest absolute Gasteiger partial charge is 0.206 e. The largest absolute Gasteiger partial charge is 0.369 e. The summed E-state index contributed by atoms with van der Waals surface area (Å²) in [6.45, 7) is 1.74. The Kier molecular flexibility index (Phi) is 4.26. The van der Waals surface area contributed by atoms with Gasteiger partial charge in [-0.1, -0.05) is 6.07 Å². The first kappa shape index (κ1) is 17.8. The molecule has 29 heavy (non-hydrogen) atoms. The van der Waals surface area contributed by atoms with Gasteiger partial charge in [0.2, 0.25) is 5.95 Å². The van der Waals surface area contributed by atoms with Crippen molar-refractivity contribution in [1.82, 2.24) is 19.4 Å². The molecule has 1 fully saturated rings. The highest BCUT2D eigenvalue weighted by atomic mass is 19.1. The molecule has 1 aliphatic heterocycles. The number of imidazole rings is 1. The Hall–Kier alpha value is -3.29. The van der Waals surface area contributed by atoms with Gasteiger partial charge in [0, 0.05) is 24.7 Å². The van der Waals surface area contributed by atoms with Crippen LogP contribution in [0.1, 0.15) is 18.5 Å². The van der Waals surface area contributed by atoms with Gasteiger partial charge in [-0.25, -0.2) is 23.7 Å². The normalized spacial score (nSPS) is 15.4. The second-order valence-corrected chi connectivity index (χ2v) is 7.50. The van der Waals surface area contributed by atoms with Crippen LogP contribution in [0.3, 0.4) is 0 Å². The number of hydrogen-bond donors (Lipinski definition) is 1. The van der Waals surface area contributed by atoms with Crippen molar-refractivity contribution in [2.45, 2.75) is 19.3 Å². The minimum Gasteiger partial charge on any atom is -0.369 e. The lowest BCUT2D eigenvalue weighted by Crippen LogP contribution is -2.34. The van der Waals surface area contributed by atoms with Crippen LogP contribution >= 0.6 is 0 Å². The van der Waals surface area contributed by atoms with Gasteiger partial charge in [-0.05, 0) is 49.4 Å². The van der Waals surface area contributed by atoms with Gasteiger partial charge in [-0.3, -0.25) is 4.40 Å². The monoisotopic (exact) mass is 394 g/mol. The summed E-state index contributed by atoms with van der Waals surface area (Å²) >= 11 is 0. The standard InChI is InChI=1S/C21H20F2N6/c22-14-4-5-18(25-11-14)28-8-6-13(7-9-28)10-15-12-29-20(26-15)16-2-1-3-17(23)19(16)27-21(29)24/h1-5,11-13H,6-10H2,(H2,24,27). The lowest BCUT2D eigenvalue weighted by atomic mass is 9.92. The minimum atomic E-state index is -0.400. The Morgan fingerprint density at radius 1 is 1.07 bits per heavy atom. The molecule has 1 saturated heterocycles. The molecule has 4 heterocycles. The van der Waals surface area contributed by atoms with Crippen molar-refractivity contribution in [3.63, 3.8) is 0 Å². The average Bonchev–Trinajstić information content (AvgIpc) is 3.15. The molecule has 0 bridgehead atoms. The number of pyridine rings is 1. The van der Waals surface area contributed by atoms with Gasteiger partial charge in [0.1, 0.15) is 28.6 Å². The van der Waals surface area contributed by atoms with Crippen LogP contribution in [0.4, 0.5) is 20.5 Å². The molecule has 0 atom stereocenters. The summed E-state index contributed by atoms with van der Waals surface area (Å²) in [4.78, 5) is 15.3. The molecule has 2 N–H and O–H groups in total. The summed E-state index contributed by atoms with van der Waals surface area (Å²) in [5.41, 5.74) is 7.84. The number of nitrogens with two attached hydrogens (primary N) is 1. The molecular formula is C21H20F2N6. The number of nitrogen functional groups attached to an aromatic ring is 1. The Morgan fingerprint density at radius 3 is 2.66 bits per heavy atom. The van der Waals surface area contributed by atoms with Crippen LogP contribution in [0.25, 0.3) is 16.6 Å². The van der Waals surface area contributed by atoms with E-state index in [1.807, 2.05) is 12.3 Å². The molecule has 3 aromatic heterocycles. The van der Waals surface area contributed by atoms with E-state index >= 15 is 0 Å². The number of halogens is 2. The van der Waals surface area contributed by atoms with Crippen molar-refractivity contribution in [1.29, 1.82) is 0 Å². The van der Waals surface area contributed by atoms with E-state index in [1.165, 1.54) is 18.3 Å². The predicted molar refractivity (Wildman–Crippen MR) is 108 cm³/mol. The van der Waals surface area contributed by atoms with Crippen LogP contribution in [-0.4, -0.2) is 32.4 Å². The fourth-order valence-electron chi connectivity index (χ4n) is 4.09. The summed E-state index contributed by atoms with van der Waals surface area (Å²) in [5.74, 6) is 0.798. The SMILES string of the molecule is Nc1nc2c(F)cccc2c2nc(CC3CCN(c4ccc(F)cn4)CC3)cn12. The zero-order chi connectivity index (χ0) is 20.0. The van der Waals surface area contributed by atoms with Gasteiger partial charge in [0.05, 0.1) is 11.9 Å². The van der Waals surface area contributed by atoms with Gasteiger partial charge in [0.15, 0.2) is 0 Å². The minimum absolute atomic E-state index is 0.230. The van der Waals surface area contributed by atoms with Crippen LogP contribution in [0.5, 0.6) is 0 Å². The Balaban J connectivity index is 1.35. The molecule has 0 unspecified atom stereocenters. The number of para-hydroxylation sites is 1. The van der Waals surface area contributed by atoms with E-state index in [-0.39, 0.29) is 17.3 Å². The lowest BCUT2D eigenvalue weighted by Gasteiger charge is -2.32. The molecule has 1 aromatic carbocycles. The quantitative estimate of drug-likeness (QED) is 0.575. The van der Waals surface area contributed by atoms with E-state index in [2.05, 4.69) is 14.9 Å². The molecular weight excluding hydrogens is 374 g/mol. The number of hydrogen-bond acceptors (Lipinski definition) is 5. The van der Waals surface area contributed by atoms with Gasteiger partial charge >= 0.3 is 0 Å². The number of benzene rings is 1. The number of anilines is 2. The summed E-state index contributed by atoms with van der Waals surface area (Å²) < 4.78 is 28.9. The number of rotatable bonds is 3. The lowest BCUT2D eigenvalue weighted by molar-refractivity contribution is 0.399. The second-order valence-electron chi connectivity index (χ2n) is 7.50. The van der Waals surface area contributed by atoms with Gasteiger partial charge in [0.25, 0.3) is 0 Å². The highest BCUT2D eigenvalue weighted by molar-refractivity contribution is 5.92. The maximum absolute atomic E-state index is 14.1. The summed E-state index contributed by atoms with van der Waals surface area (Å²) in [7, 11) is 0. The Bertz CT molecular complexity index is 1180. The van der Waals surface area contributed by atoms with Gasteiger partial charge < -0.3 is 10.6 Å². The van der Waals surface area contributed by atoms with E-state index < -0.39 is 5.82 Å². The predicted octanol–water partition coefficient (Wildman–Crippen LogP) is 3.60. The first-order valence-corrected chi connectivity index (χ1v) is 9.66. The molecule has 5 rings (SSSR count). The van der Waals surface area contributed by atoms with Crippen molar-refractivity contribution in [2.24, 2.45) is 5.92 Å². The molecule has 0 amide bonds. The number of piperidine rings is 1. The molecule has 8 heteroatoms. The first-order valence-electron chi connectivity index (χ1n) is 9.66. The maximum Gasteiger partial charge on any atom is 0.206 e. The number of nitrogens with zero attached hydrogens (tertiary/aromatic N) is 5. The van der Waals surface area contributed by atoms with Crippen molar-refractivity contribution < 1.29 is 8.78 Å². The zero-order valence-electron chi connectivity index (χ0n) is 15.7. The first-order chi connectivity index (χ1) is 14.1. The van der Waals surface area contributed by atoms with Crippen molar-refractivity contribution in [3.8, 4) is 0 Å². The van der Waals surface area contributed by atoms with Crippen LogP contribution in [0, 0.1) is 17.6 Å². The highest BCUT2D eigenvalue weighted by Gasteiger charge is 2.22. The molecule has 0 aliphatic carbocycles. The van der Waals surface area contributed by atoms with Crippen molar-refractivity contribution in [3.05, 3.63) is 60.1 Å². The summed E-state index contributed by atoms with van der Waals surface area (Å²) in [6, 6.07) is 8.00. The highest BCUT2D eigenvalue weighted by Crippen LogP contribution is 2.27. The van der Waals surface area contributed by atoms with E-state index in [9.17, 15) is 8.78 Å². The van der Waals surface area contributed by atoms with Crippen molar-refractivity contribution in [2.75, 3.05) is 23.7 Å². The van der Waals surface area contributed by atoms with Gasteiger partial charge in [-0.2, -0.15) is 0 Å². The van der Waals surface area contributed by atoms with Crippen LogP contribution in [0.15, 0.2) is 42.7 Å². The van der Waals surface area contributed by atoms with Gasteiger partial charge in [-0.15, -0.1) is 0 Å². The van der Waals surface area contributed by atoms with E-state index in [1.54, 1.807) is 16.5 Å². The van der Waals surface area contributed by atoms with Crippen LogP contribution < -0.4 is 10.6 Å². The van der Waals surface area contributed by atoms with E-state index in [0.29, 0.717) is 17.0 Å². The van der Waals surface area contributed by atoms with Crippen molar-refractivity contribution >= 4 is 28.3 Å². The third-order valence-corrected chi connectivity index (χ3v) is 5.60. The van der Waals surface area contributed by atoms with Crippen LogP contribution in [-0.2, 0) is 6.42 Å². The molecule has 1 aliphatic rings. The molecule has 0 spiro atoms. The topological polar surface area (TPSA) is 72.3 Å². The molecule has 148 valence electrons. The summed E-state index contributed by atoms with van der Waals surface area (Å²) in [5, 5.41) is 0.655. The molecule has 6 nitrogen and oxygen atoms in total. The Labute approximate surface area is 166 Å². The maximum atomic E-state index is 14.1. The average molecular weight is 394 g/mol. The third-order valence-electron chi connectivity index (χ3n) is 5.60. The summed E-state index contributed by atoms with van der Waals surface area (Å²) in [6.07, 6.45) is 5.97. The fraction of sp³-hybridized carbons (Fsp3) is 0.286. The zero-order valence-corrected chi connectivity index (χ0v) is 15.7. The second kappa shape index (κ2) is 6.95. The molecule has 0 radical (unpaired) electrons. The van der Waals surface area contributed by atoms with E-state index in [0.717, 1.165) is 43.9 Å². The molecule has 0 saturated carbocycles. The number of aromatic nitrogens is 4. The molecule has 4 aromatic rings. The third kappa shape index (κ3) is 3.24. The fourth-order valence-corrected chi connectivity index (χ4v) is 4.09. The van der Waals surface area contributed by atoms with Crippen LogP contribution in [0.2, 0.25) is 0 Å². The number of fused-ring (bicyclic) bond motifs is 3. The Morgan fingerprint density at radius 2 is 1.90 bits per heavy atom.